The highest BCUT2D eigenvalue weighted by Crippen LogP contribution is 2.25. The van der Waals surface area contributed by atoms with E-state index in [4.69, 9.17) is 23.2 Å². The molecule has 0 aromatic heterocycles. The average Bonchev–Trinajstić information content (AvgIpc) is 2.71. The summed E-state index contributed by atoms with van der Waals surface area (Å²) in [5, 5.41) is 3.70. The second-order valence-electron chi connectivity index (χ2n) is 7.44. The van der Waals surface area contributed by atoms with E-state index in [-0.39, 0.29) is 36.0 Å². The fraction of sp³-hybridized carbons (Fsp3) is 0.391. The van der Waals surface area contributed by atoms with Gasteiger partial charge in [0.25, 0.3) is 0 Å². The van der Waals surface area contributed by atoms with E-state index in [9.17, 15) is 14.0 Å². The Balaban J connectivity index is 2.18. The largest absolute Gasteiger partial charge is 0.352 e. The number of benzene rings is 2. The summed E-state index contributed by atoms with van der Waals surface area (Å²) in [7, 11) is 0. The third kappa shape index (κ3) is 7.70. The van der Waals surface area contributed by atoms with Crippen LogP contribution in [0.2, 0.25) is 10.0 Å². The van der Waals surface area contributed by atoms with Crippen LogP contribution in [0.1, 0.15) is 38.3 Å². The Hall–Kier alpha value is -1.76. The lowest BCUT2D eigenvalue weighted by Crippen LogP contribution is -2.50. The number of carbonyl (C=O) groups is 2. The molecule has 1 N–H and O–H groups in total. The molecule has 31 heavy (non-hydrogen) atoms. The maximum absolute atomic E-state index is 13.9. The molecule has 168 valence electrons. The van der Waals surface area contributed by atoms with Crippen LogP contribution in [0.5, 0.6) is 0 Å². The SMILES string of the molecule is CC[C@@H](C(=O)NC(C)C)N(Cc1ccc(Cl)c(Cl)c1)C(=O)CSCc1ccccc1F. The molecule has 0 bridgehead atoms. The summed E-state index contributed by atoms with van der Waals surface area (Å²) in [6.07, 6.45) is 0.462. The van der Waals surface area contributed by atoms with Gasteiger partial charge in [0.1, 0.15) is 11.9 Å². The molecular formula is C23H27Cl2FN2O2S. The number of halogens is 3. The molecule has 0 spiro atoms. The van der Waals surface area contributed by atoms with Crippen LogP contribution in [0.15, 0.2) is 42.5 Å². The zero-order valence-electron chi connectivity index (χ0n) is 17.8. The molecule has 0 fully saturated rings. The van der Waals surface area contributed by atoms with Gasteiger partial charge in [-0.1, -0.05) is 54.4 Å². The number of carbonyl (C=O) groups excluding carboxylic acids is 2. The van der Waals surface area contributed by atoms with Crippen molar-refractivity contribution < 1.29 is 14.0 Å². The Kier molecular flexibility index (Phi) is 10.1. The Morgan fingerprint density at radius 1 is 1.13 bits per heavy atom. The highest BCUT2D eigenvalue weighted by molar-refractivity contribution is 7.99. The molecular weight excluding hydrogens is 458 g/mol. The predicted octanol–water partition coefficient (Wildman–Crippen LogP) is 5.70. The van der Waals surface area contributed by atoms with Crippen LogP contribution >= 0.6 is 35.0 Å². The topological polar surface area (TPSA) is 49.4 Å². The summed E-state index contributed by atoms with van der Waals surface area (Å²) < 4.78 is 13.9. The van der Waals surface area contributed by atoms with E-state index >= 15 is 0 Å². The first-order valence-corrected chi connectivity index (χ1v) is 12.0. The molecule has 0 aliphatic rings. The number of nitrogens with zero attached hydrogens (tertiary/aromatic N) is 1. The lowest BCUT2D eigenvalue weighted by atomic mass is 10.1. The van der Waals surface area contributed by atoms with Crippen LogP contribution < -0.4 is 5.32 Å². The molecule has 2 rings (SSSR count). The van der Waals surface area contributed by atoms with Gasteiger partial charge in [0.2, 0.25) is 11.8 Å². The van der Waals surface area contributed by atoms with Gasteiger partial charge in [-0.05, 0) is 49.6 Å². The number of hydrogen-bond acceptors (Lipinski definition) is 3. The van der Waals surface area contributed by atoms with E-state index in [1.54, 1.807) is 41.3 Å². The van der Waals surface area contributed by atoms with Crippen molar-refractivity contribution in [3.8, 4) is 0 Å². The molecule has 0 saturated heterocycles. The fourth-order valence-corrected chi connectivity index (χ4v) is 4.30. The Morgan fingerprint density at radius 3 is 2.45 bits per heavy atom. The normalized spacial score (nSPS) is 12.0. The van der Waals surface area contributed by atoms with Crippen LogP contribution in [0.25, 0.3) is 0 Å². The molecule has 2 aromatic carbocycles. The maximum Gasteiger partial charge on any atom is 0.243 e. The molecule has 0 heterocycles. The Labute approximate surface area is 197 Å². The first kappa shape index (κ1) is 25.5. The third-order valence-corrected chi connectivity index (χ3v) is 6.30. The van der Waals surface area contributed by atoms with Crippen molar-refractivity contribution in [2.75, 3.05) is 5.75 Å². The maximum atomic E-state index is 13.9. The molecule has 8 heteroatoms. The zero-order valence-corrected chi connectivity index (χ0v) is 20.2. The van der Waals surface area contributed by atoms with Gasteiger partial charge in [0.05, 0.1) is 15.8 Å². The first-order valence-electron chi connectivity index (χ1n) is 10.1. The summed E-state index contributed by atoms with van der Waals surface area (Å²) in [5.74, 6) is -0.198. The van der Waals surface area contributed by atoms with Crippen LogP contribution in [-0.4, -0.2) is 34.6 Å². The average molecular weight is 485 g/mol. The van der Waals surface area contributed by atoms with Gasteiger partial charge in [0.15, 0.2) is 0 Å². The molecule has 0 aliphatic heterocycles. The van der Waals surface area contributed by atoms with Crippen LogP contribution in [0.3, 0.4) is 0 Å². The molecule has 1 atom stereocenters. The molecule has 2 amide bonds. The Bertz CT molecular complexity index is 911. The molecule has 0 saturated carbocycles. The summed E-state index contributed by atoms with van der Waals surface area (Å²) in [6.45, 7) is 5.84. The van der Waals surface area contributed by atoms with E-state index in [1.165, 1.54) is 17.8 Å². The molecule has 0 radical (unpaired) electrons. The summed E-state index contributed by atoms with van der Waals surface area (Å²) in [6, 6.07) is 11.0. The molecule has 4 nitrogen and oxygen atoms in total. The van der Waals surface area contributed by atoms with Gasteiger partial charge in [-0.15, -0.1) is 11.8 Å². The van der Waals surface area contributed by atoms with Gasteiger partial charge in [-0.2, -0.15) is 0 Å². The van der Waals surface area contributed by atoms with Crippen LogP contribution in [0, 0.1) is 5.82 Å². The van der Waals surface area contributed by atoms with Crippen LogP contribution in [0.4, 0.5) is 4.39 Å². The van der Waals surface area contributed by atoms with E-state index in [0.29, 0.717) is 27.8 Å². The standard InChI is InChI=1S/C23H27Cl2FN2O2S/c1-4-21(23(30)27-15(2)3)28(12-16-9-10-18(24)19(25)11-16)22(29)14-31-13-17-7-5-6-8-20(17)26/h5-11,15,21H,4,12-14H2,1-3H3,(H,27,30)/t21-/m0/s1. The summed E-state index contributed by atoms with van der Waals surface area (Å²) in [4.78, 5) is 27.5. The van der Waals surface area contributed by atoms with Crippen molar-refractivity contribution in [3.63, 3.8) is 0 Å². The zero-order chi connectivity index (χ0) is 23.0. The lowest BCUT2D eigenvalue weighted by Gasteiger charge is -2.31. The number of thioether (sulfide) groups is 1. The number of nitrogens with one attached hydrogen (secondary N) is 1. The van der Waals surface area contributed by atoms with Gasteiger partial charge >= 0.3 is 0 Å². The van der Waals surface area contributed by atoms with Crippen molar-refractivity contribution in [1.29, 1.82) is 0 Å². The van der Waals surface area contributed by atoms with Crippen molar-refractivity contribution in [1.82, 2.24) is 10.2 Å². The Morgan fingerprint density at radius 2 is 1.84 bits per heavy atom. The van der Waals surface area contributed by atoms with E-state index in [1.807, 2.05) is 20.8 Å². The van der Waals surface area contributed by atoms with Gasteiger partial charge < -0.3 is 10.2 Å². The first-order chi connectivity index (χ1) is 14.7. The predicted molar refractivity (Wildman–Crippen MR) is 127 cm³/mol. The van der Waals surface area contributed by atoms with E-state index < -0.39 is 6.04 Å². The third-order valence-electron chi connectivity index (χ3n) is 4.59. The van der Waals surface area contributed by atoms with Crippen molar-refractivity contribution in [2.24, 2.45) is 0 Å². The van der Waals surface area contributed by atoms with Crippen molar-refractivity contribution >= 4 is 46.8 Å². The number of amides is 2. The van der Waals surface area contributed by atoms with Crippen molar-refractivity contribution in [2.45, 2.75) is 51.6 Å². The minimum absolute atomic E-state index is 0.0427. The van der Waals surface area contributed by atoms with E-state index in [2.05, 4.69) is 5.32 Å². The molecule has 0 unspecified atom stereocenters. The minimum atomic E-state index is -0.626. The number of rotatable bonds is 10. The lowest BCUT2D eigenvalue weighted by molar-refractivity contribution is -0.139. The molecule has 2 aromatic rings. The fourth-order valence-electron chi connectivity index (χ4n) is 3.08. The monoisotopic (exact) mass is 484 g/mol. The minimum Gasteiger partial charge on any atom is -0.352 e. The second kappa shape index (κ2) is 12.3. The summed E-state index contributed by atoms with van der Waals surface area (Å²) in [5.41, 5.74) is 1.32. The van der Waals surface area contributed by atoms with Crippen molar-refractivity contribution in [3.05, 3.63) is 69.5 Å². The summed E-state index contributed by atoms with van der Waals surface area (Å²) >= 11 is 13.5. The molecule has 0 aliphatic carbocycles. The van der Waals surface area contributed by atoms with E-state index in [0.717, 1.165) is 5.56 Å². The van der Waals surface area contributed by atoms with Gasteiger partial charge in [-0.3, -0.25) is 9.59 Å². The quantitative estimate of drug-likeness (QED) is 0.470. The van der Waals surface area contributed by atoms with Gasteiger partial charge in [0, 0.05) is 18.3 Å². The second-order valence-corrected chi connectivity index (χ2v) is 9.24. The highest BCUT2D eigenvalue weighted by atomic mass is 35.5. The highest BCUT2D eigenvalue weighted by Gasteiger charge is 2.29. The number of hydrogen-bond donors (Lipinski definition) is 1. The van der Waals surface area contributed by atoms with Crippen LogP contribution in [-0.2, 0) is 21.9 Å². The smallest absolute Gasteiger partial charge is 0.243 e. The van der Waals surface area contributed by atoms with Gasteiger partial charge in [-0.25, -0.2) is 4.39 Å².